The van der Waals surface area contributed by atoms with Crippen LogP contribution in [0.1, 0.15) is 43.2 Å². The minimum atomic E-state index is -0.927. The first kappa shape index (κ1) is 13.5. The molecule has 18 heavy (non-hydrogen) atoms. The molecule has 1 fully saturated rings. The summed E-state index contributed by atoms with van der Waals surface area (Å²) in [5.74, 6) is -1.22. The van der Waals surface area contributed by atoms with Crippen LogP contribution >= 0.6 is 15.9 Å². The van der Waals surface area contributed by atoms with E-state index in [9.17, 15) is 14.3 Å². The van der Waals surface area contributed by atoms with Crippen molar-refractivity contribution in [2.45, 2.75) is 44.4 Å². The minimum absolute atomic E-state index is 0.303. The third-order valence-corrected chi connectivity index (χ3v) is 4.61. The lowest BCUT2D eigenvalue weighted by Gasteiger charge is -2.34. The van der Waals surface area contributed by atoms with Crippen molar-refractivity contribution in [3.05, 3.63) is 33.5 Å². The number of hydrogen-bond acceptors (Lipinski definition) is 1. The fourth-order valence-corrected chi connectivity index (χ4v) is 3.43. The number of carboxylic acid groups (broad SMARTS) is 1. The molecule has 1 aromatic carbocycles. The van der Waals surface area contributed by atoms with Crippen molar-refractivity contribution in [2.75, 3.05) is 0 Å². The van der Waals surface area contributed by atoms with Gasteiger partial charge in [0.2, 0.25) is 0 Å². The van der Waals surface area contributed by atoms with Crippen LogP contribution < -0.4 is 0 Å². The predicted molar refractivity (Wildman–Crippen MR) is 71.2 cm³/mol. The summed E-state index contributed by atoms with van der Waals surface area (Å²) in [6, 6.07) is 3.22. The molecule has 0 amide bonds. The van der Waals surface area contributed by atoms with Crippen LogP contribution in [0.15, 0.2) is 16.6 Å². The average molecular weight is 315 g/mol. The van der Waals surface area contributed by atoms with E-state index in [-0.39, 0.29) is 5.82 Å². The molecule has 0 aliphatic heterocycles. The minimum Gasteiger partial charge on any atom is -0.481 e. The fourth-order valence-electron chi connectivity index (χ4n) is 2.83. The van der Waals surface area contributed by atoms with Crippen molar-refractivity contribution >= 4 is 21.9 Å². The average Bonchev–Trinajstić information content (AvgIpc) is 2.34. The third kappa shape index (κ3) is 2.18. The zero-order chi connectivity index (χ0) is 13.3. The molecule has 0 bridgehead atoms. The van der Waals surface area contributed by atoms with Crippen molar-refractivity contribution in [3.63, 3.8) is 0 Å². The normalized spacial score (nSPS) is 18.6. The number of hydrogen-bond donors (Lipinski definition) is 1. The van der Waals surface area contributed by atoms with Crippen LogP contribution in [-0.4, -0.2) is 11.1 Å². The van der Waals surface area contributed by atoms with E-state index in [0.717, 1.165) is 24.8 Å². The Labute approximate surface area is 114 Å². The Morgan fingerprint density at radius 2 is 1.94 bits per heavy atom. The Bertz CT molecular complexity index is 479. The molecule has 0 saturated heterocycles. The molecule has 0 aromatic heterocycles. The van der Waals surface area contributed by atoms with E-state index in [1.807, 2.05) is 0 Å². The van der Waals surface area contributed by atoms with Gasteiger partial charge in [0, 0.05) is 0 Å². The molecule has 1 saturated carbocycles. The number of carbonyl (C=O) groups is 1. The fraction of sp³-hybridized carbons (Fsp3) is 0.500. The van der Waals surface area contributed by atoms with Crippen LogP contribution in [0.5, 0.6) is 0 Å². The molecule has 1 aliphatic carbocycles. The van der Waals surface area contributed by atoms with E-state index in [0.29, 0.717) is 22.9 Å². The Kier molecular flexibility index (Phi) is 3.76. The van der Waals surface area contributed by atoms with E-state index in [4.69, 9.17) is 0 Å². The number of aryl methyl sites for hydroxylation is 1. The zero-order valence-electron chi connectivity index (χ0n) is 10.3. The second kappa shape index (κ2) is 5.00. The molecular weight excluding hydrogens is 299 g/mol. The van der Waals surface area contributed by atoms with Crippen molar-refractivity contribution in [3.8, 4) is 0 Å². The van der Waals surface area contributed by atoms with Gasteiger partial charge < -0.3 is 5.11 Å². The molecule has 0 radical (unpaired) electrons. The van der Waals surface area contributed by atoms with Crippen LogP contribution in [0.4, 0.5) is 4.39 Å². The summed E-state index contributed by atoms with van der Waals surface area (Å²) in [5.41, 5.74) is 0.424. The molecule has 2 rings (SSSR count). The van der Waals surface area contributed by atoms with E-state index in [2.05, 4.69) is 15.9 Å². The second-order valence-corrected chi connectivity index (χ2v) is 5.85. The molecule has 1 aromatic rings. The topological polar surface area (TPSA) is 37.3 Å². The summed E-state index contributed by atoms with van der Waals surface area (Å²) in [5, 5.41) is 9.61. The highest BCUT2D eigenvalue weighted by molar-refractivity contribution is 9.10. The van der Waals surface area contributed by atoms with Gasteiger partial charge in [0.1, 0.15) is 5.82 Å². The molecule has 0 spiro atoms. The maximum atomic E-state index is 13.8. The highest BCUT2D eigenvalue weighted by Crippen LogP contribution is 2.43. The van der Waals surface area contributed by atoms with Crippen molar-refractivity contribution in [1.82, 2.24) is 0 Å². The summed E-state index contributed by atoms with van der Waals surface area (Å²) in [4.78, 5) is 11.7. The summed E-state index contributed by atoms with van der Waals surface area (Å²) < 4.78 is 14.1. The van der Waals surface area contributed by atoms with Crippen LogP contribution in [0.3, 0.4) is 0 Å². The quantitative estimate of drug-likeness (QED) is 0.889. The van der Waals surface area contributed by atoms with Gasteiger partial charge in [-0.25, -0.2) is 4.39 Å². The van der Waals surface area contributed by atoms with Gasteiger partial charge >= 0.3 is 5.97 Å². The van der Waals surface area contributed by atoms with Gasteiger partial charge in [0.15, 0.2) is 0 Å². The SMILES string of the molecule is Cc1cc(F)c(Br)c(C2(C(=O)O)CCCCC2)c1. The number of carboxylic acids is 1. The van der Waals surface area contributed by atoms with E-state index >= 15 is 0 Å². The van der Waals surface area contributed by atoms with E-state index in [1.54, 1.807) is 13.0 Å². The first-order valence-electron chi connectivity index (χ1n) is 6.17. The largest absolute Gasteiger partial charge is 0.481 e. The maximum Gasteiger partial charge on any atom is 0.314 e. The molecule has 1 aliphatic rings. The molecule has 0 atom stereocenters. The molecule has 2 nitrogen and oxygen atoms in total. The molecule has 1 N–H and O–H groups in total. The number of rotatable bonds is 2. The van der Waals surface area contributed by atoms with Crippen LogP contribution in [0.2, 0.25) is 0 Å². The summed E-state index contributed by atoms with van der Waals surface area (Å²) in [7, 11) is 0. The highest BCUT2D eigenvalue weighted by Gasteiger charge is 2.43. The van der Waals surface area contributed by atoms with Gasteiger partial charge in [-0.2, -0.15) is 0 Å². The second-order valence-electron chi connectivity index (χ2n) is 5.06. The van der Waals surface area contributed by atoms with Crippen molar-refractivity contribution in [2.24, 2.45) is 0 Å². The van der Waals surface area contributed by atoms with Crippen molar-refractivity contribution < 1.29 is 14.3 Å². The molecule has 98 valence electrons. The Hall–Kier alpha value is -0.900. The highest BCUT2D eigenvalue weighted by atomic mass is 79.9. The first-order valence-corrected chi connectivity index (χ1v) is 6.96. The standard InChI is InChI=1S/C14H16BrFO2/c1-9-7-10(12(15)11(16)8-9)14(13(17)18)5-3-2-4-6-14/h7-8H,2-6H2,1H3,(H,17,18). The lowest BCUT2D eigenvalue weighted by molar-refractivity contribution is -0.145. The van der Waals surface area contributed by atoms with Crippen molar-refractivity contribution in [1.29, 1.82) is 0 Å². The molecular formula is C14H16BrFO2. The third-order valence-electron chi connectivity index (χ3n) is 3.80. The number of halogens is 2. The Morgan fingerprint density at radius 1 is 1.33 bits per heavy atom. The monoisotopic (exact) mass is 314 g/mol. The van der Waals surface area contributed by atoms with Gasteiger partial charge in [0.25, 0.3) is 0 Å². The molecule has 0 unspecified atom stereocenters. The molecule has 4 heteroatoms. The van der Waals surface area contributed by atoms with Gasteiger partial charge in [-0.15, -0.1) is 0 Å². The van der Waals surface area contributed by atoms with Crippen LogP contribution in [0.25, 0.3) is 0 Å². The smallest absolute Gasteiger partial charge is 0.314 e. The van der Waals surface area contributed by atoms with Crippen LogP contribution in [0, 0.1) is 12.7 Å². The molecule has 0 heterocycles. The zero-order valence-corrected chi connectivity index (χ0v) is 11.9. The van der Waals surface area contributed by atoms with E-state index < -0.39 is 11.4 Å². The van der Waals surface area contributed by atoms with Gasteiger partial charge in [-0.3, -0.25) is 4.79 Å². The van der Waals surface area contributed by atoms with Gasteiger partial charge in [-0.05, 0) is 52.9 Å². The van der Waals surface area contributed by atoms with Crippen LogP contribution in [-0.2, 0) is 10.2 Å². The summed E-state index contributed by atoms with van der Waals surface area (Å²) in [6.45, 7) is 1.79. The Balaban J connectivity index is 2.59. The van der Waals surface area contributed by atoms with Gasteiger partial charge in [0.05, 0.1) is 9.89 Å². The summed E-state index contributed by atoms with van der Waals surface area (Å²) >= 11 is 3.22. The number of aliphatic carboxylic acids is 1. The predicted octanol–water partition coefficient (Wildman–Crippen LogP) is 4.18. The maximum absolute atomic E-state index is 13.8. The first-order chi connectivity index (χ1) is 8.47. The van der Waals surface area contributed by atoms with Gasteiger partial charge in [-0.1, -0.05) is 25.3 Å². The van der Waals surface area contributed by atoms with E-state index in [1.165, 1.54) is 6.07 Å². The number of benzene rings is 1. The Morgan fingerprint density at radius 3 is 2.50 bits per heavy atom. The summed E-state index contributed by atoms with van der Waals surface area (Å²) in [6.07, 6.45) is 4.00. The lowest BCUT2D eigenvalue weighted by Crippen LogP contribution is -2.38. The lowest BCUT2D eigenvalue weighted by atomic mass is 9.69.